The molecule has 1 aliphatic rings. The van der Waals surface area contributed by atoms with Gasteiger partial charge in [-0.25, -0.2) is 4.79 Å². The highest BCUT2D eigenvalue weighted by Crippen LogP contribution is 2.20. The third kappa shape index (κ3) is 13.8. The highest BCUT2D eigenvalue weighted by atomic mass is 16.6. The van der Waals surface area contributed by atoms with E-state index in [4.69, 9.17) is 9.47 Å². The molecule has 1 aromatic rings. The van der Waals surface area contributed by atoms with E-state index in [1.807, 2.05) is 65.0 Å². The number of alkyl carbamates (subject to hydrolysis) is 1. The molecule has 1 heterocycles. The predicted octanol–water partition coefficient (Wildman–Crippen LogP) is 4.16. The second-order valence-corrected chi connectivity index (χ2v) is 13.3. The fraction of sp³-hybridized carbons (Fsp3) is 0.618. The van der Waals surface area contributed by atoms with Crippen LogP contribution in [0.1, 0.15) is 86.6 Å². The van der Waals surface area contributed by atoms with Gasteiger partial charge in [-0.2, -0.15) is 0 Å². The Hall–Kier alpha value is -3.73. The highest BCUT2D eigenvalue weighted by Gasteiger charge is 2.34. The Morgan fingerprint density at radius 2 is 1.67 bits per heavy atom. The Labute approximate surface area is 267 Å². The summed E-state index contributed by atoms with van der Waals surface area (Å²) in [6.07, 6.45) is 1.39. The van der Waals surface area contributed by atoms with Crippen LogP contribution in [0.25, 0.3) is 0 Å². The number of hydrogen-bond donors (Lipinski definition) is 4. The van der Waals surface area contributed by atoms with Crippen LogP contribution in [0, 0.1) is 17.8 Å². The molecule has 4 N–H and O–H groups in total. The number of nitrogens with one attached hydrogen (secondary N) is 4. The van der Waals surface area contributed by atoms with Gasteiger partial charge in [0.05, 0.1) is 11.7 Å². The summed E-state index contributed by atoms with van der Waals surface area (Å²) in [6.45, 7) is 15.2. The average Bonchev–Trinajstić information content (AvgIpc) is 3.35. The standard InChI is InChI=1S/C34H52N4O7/c1-21(2)18-27(31(41)36-26(14-15-28(39)22(3)4)19-25-16-17-35-30(25)40)37-32(42)29(23(5)45-34(6,7)8)38-33(43)44-20-24-12-10-9-11-13-24/h9-14,21-23,25,27,29H,15-20H2,1-8H3,(H,35,40)(H,36,41)(H,37,42)(H,38,43)/t23?,25-,27-,29-/m0/s1. The number of Topliss-reactive ketones (excluding diaryl/α,β-unsaturated/α-hetero) is 1. The van der Waals surface area contributed by atoms with Crippen LogP contribution in [0.4, 0.5) is 4.79 Å². The number of rotatable bonds is 16. The van der Waals surface area contributed by atoms with Gasteiger partial charge in [0.25, 0.3) is 0 Å². The maximum Gasteiger partial charge on any atom is 0.408 e. The topological polar surface area (TPSA) is 152 Å². The van der Waals surface area contributed by atoms with Gasteiger partial charge < -0.3 is 30.7 Å². The molecule has 1 aliphatic heterocycles. The SMILES string of the molecule is CC(C)C[C@H](NC(=O)[C@@H](NC(=O)OCc1ccccc1)C(C)OC(C)(C)C)C(=O)NC(=CCC(=O)C(C)C)C[C@@H]1CCNC1=O. The van der Waals surface area contributed by atoms with Crippen LogP contribution in [0.3, 0.4) is 0 Å². The Balaban J connectivity index is 2.24. The van der Waals surface area contributed by atoms with Crippen LogP contribution in [0.2, 0.25) is 0 Å². The Morgan fingerprint density at radius 1 is 1.00 bits per heavy atom. The Morgan fingerprint density at radius 3 is 2.22 bits per heavy atom. The van der Waals surface area contributed by atoms with E-state index >= 15 is 0 Å². The number of carbonyl (C=O) groups is 5. The Kier molecular flexibility index (Phi) is 14.7. The van der Waals surface area contributed by atoms with Crippen LogP contribution in [0.15, 0.2) is 42.1 Å². The van der Waals surface area contributed by atoms with E-state index in [0.717, 1.165) is 5.56 Å². The van der Waals surface area contributed by atoms with Crippen molar-refractivity contribution >= 4 is 29.6 Å². The first-order chi connectivity index (χ1) is 21.1. The number of ketones is 1. The normalized spacial score (nSPS) is 17.3. The molecule has 0 radical (unpaired) electrons. The molecule has 1 aromatic carbocycles. The van der Waals surface area contributed by atoms with Crippen molar-refractivity contribution in [2.24, 2.45) is 17.8 Å². The summed E-state index contributed by atoms with van der Waals surface area (Å²) in [6, 6.07) is 7.02. The van der Waals surface area contributed by atoms with Crippen LogP contribution in [-0.4, -0.2) is 59.9 Å². The lowest BCUT2D eigenvalue weighted by Crippen LogP contribution is -2.58. The Bertz CT molecular complexity index is 1190. The summed E-state index contributed by atoms with van der Waals surface area (Å²) < 4.78 is 11.4. The van der Waals surface area contributed by atoms with E-state index in [9.17, 15) is 24.0 Å². The smallest absolute Gasteiger partial charge is 0.408 e. The minimum Gasteiger partial charge on any atom is -0.445 e. The second kappa shape index (κ2) is 17.7. The summed E-state index contributed by atoms with van der Waals surface area (Å²) in [4.78, 5) is 64.8. The molecule has 0 saturated carbocycles. The van der Waals surface area contributed by atoms with Crippen molar-refractivity contribution in [1.29, 1.82) is 0 Å². The minimum absolute atomic E-state index is 0.00515. The van der Waals surface area contributed by atoms with Crippen LogP contribution in [0.5, 0.6) is 0 Å². The van der Waals surface area contributed by atoms with Gasteiger partial charge in [0.2, 0.25) is 17.7 Å². The molecule has 0 aliphatic carbocycles. The second-order valence-electron chi connectivity index (χ2n) is 13.3. The van der Waals surface area contributed by atoms with E-state index in [1.165, 1.54) is 0 Å². The first kappa shape index (κ1) is 37.5. The first-order valence-electron chi connectivity index (χ1n) is 15.8. The first-order valence-corrected chi connectivity index (χ1v) is 15.8. The summed E-state index contributed by atoms with van der Waals surface area (Å²) in [5, 5.41) is 11.1. The summed E-state index contributed by atoms with van der Waals surface area (Å²) in [5.74, 6) is -1.66. The lowest BCUT2D eigenvalue weighted by molar-refractivity contribution is -0.135. The zero-order chi connectivity index (χ0) is 33.7. The molecule has 1 unspecified atom stereocenters. The fourth-order valence-electron chi connectivity index (χ4n) is 4.87. The van der Waals surface area contributed by atoms with Crippen LogP contribution in [-0.2, 0) is 35.3 Å². The maximum absolute atomic E-state index is 13.7. The van der Waals surface area contributed by atoms with Crippen molar-refractivity contribution in [1.82, 2.24) is 21.3 Å². The molecule has 11 heteroatoms. The molecule has 0 spiro atoms. The summed E-state index contributed by atoms with van der Waals surface area (Å²) in [5.41, 5.74) is 0.625. The lowest BCUT2D eigenvalue weighted by Gasteiger charge is -2.31. The van der Waals surface area contributed by atoms with E-state index in [1.54, 1.807) is 26.8 Å². The van der Waals surface area contributed by atoms with E-state index in [2.05, 4.69) is 21.3 Å². The fourth-order valence-corrected chi connectivity index (χ4v) is 4.87. The van der Waals surface area contributed by atoms with E-state index < -0.39 is 41.7 Å². The van der Waals surface area contributed by atoms with Crippen LogP contribution < -0.4 is 21.3 Å². The largest absolute Gasteiger partial charge is 0.445 e. The maximum atomic E-state index is 13.7. The predicted molar refractivity (Wildman–Crippen MR) is 172 cm³/mol. The van der Waals surface area contributed by atoms with Crippen molar-refractivity contribution in [2.75, 3.05) is 6.54 Å². The minimum atomic E-state index is -1.17. The lowest BCUT2D eigenvalue weighted by atomic mass is 9.98. The molecule has 45 heavy (non-hydrogen) atoms. The molecule has 250 valence electrons. The van der Waals surface area contributed by atoms with E-state index in [-0.39, 0.29) is 48.9 Å². The number of benzene rings is 1. The monoisotopic (exact) mass is 628 g/mol. The summed E-state index contributed by atoms with van der Waals surface area (Å²) >= 11 is 0. The molecule has 2 rings (SSSR count). The molecular weight excluding hydrogens is 576 g/mol. The molecule has 0 bridgehead atoms. The van der Waals surface area contributed by atoms with Gasteiger partial charge in [0.1, 0.15) is 24.5 Å². The summed E-state index contributed by atoms with van der Waals surface area (Å²) in [7, 11) is 0. The molecular formula is C34H52N4O7. The zero-order valence-corrected chi connectivity index (χ0v) is 28.0. The number of allylic oxidation sites excluding steroid dienone is 2. The van der Waals surface area contributed by atoms with Gasteiger partial charge in [-0.3, -0.25) is 19.2 Å². The van der Waals surface area contributed by atoms with Crippen molar-refractivity contribution in [3.05, 3.63) is 47.7 Å². The van der Waals surface area contributed by atoms with Crippen molar-refractivity contribution in [2.45, 2.75) is 111 Å². The molecule has 4 atom stereocenters. The number of amides is 4. The van der Waals surface area contributed by atoms with E-state index in [0.29, 0.717) is 25.1 Å². The quantitative estimate of drug-likeness (QED) is 0.215. The van der Waals surface area contributed by atoms with Gasteiger partial charge in [0, 0.05) is 30.5 Å². The average molecular weight is 629 g/mol. The molecule has 1 saturated heterocycles. The highest BCUT2D eigenvalue weighted by molar-refractivity contribution is 5.92. The molecule has 11 nitrogen and oxygen atoms in total. The van der Waals surface area contributed by atoms with Crippen molar-refractivity contribution in [3.63, 3.8) is 0 Å². The van der Waals surface area contributed by atoms with Gasteiger partial charge >= 0.3 is 6.09 Å². The number of ether oxygens (including phenoxy) is 2. The molecule has 0 aromatic heterocycles. The van der Waals surface area contributed by atoms with Crippen LogP contribution >= 0.6 is 0 Å². The van der Waals surface area contributed by atoms with Gasteiger partial charge in [-0.05, 0) is 58.4 Å². The number of hydrogen-bond acceptors (Lipinski definition) is 7. The zero-order valence-electron chi connectivity index (χ0n) is 28.0. The van der Waals surface area contributed by atoms with Gasteiger partial charge in [0.15, 0.2) is 0 Å². The van der Waals surface area contributed by atoms with Gasteiger partial charge in [-0.15, -0.1) is 0 Å². The number of carbonyl (C=O) groups excluding carboxylic acids is 5. The molecule has 4 amide bonds. The van der Waals surface area contributed by atoms with Crippen molar-refractivity contribution in [3.8, 4) is 0 Å². The third-order valence-electron chi connectivity index (χ3n) is 7.22. The third-order valence-corrected chi connectivity index (χ3v) is 7.22. The molecule has 1 fully saturated rings. The van der Waals surface area contributed by atoms with Gasteiger partial charge in [-0.1, -0.05) is 64.1 Å². The van der Waals surface area contributed by atoms with Crippen molar-refractivity contribution < 1.29 is 33.4 Å².